The predicted octanol–water partition coefficient (Wildman–Crippen LogP) is 3.28. The van der Waals surface area contributed by atoms with Gasteiger partial charge in [-0.05, 0) is 36.2 Å². The Bertz CT molecular complexity index is 931. The lowest BCUT2D eigenvalue weighted by Gasteiger charge is -2.41. The molecule has 1 N–H and O–H groups in total. The minimum absolute atomic E-state index is 0.0995. The van der Waals surface area contributed by atoms with E-state index < -0.39 is 11.6 Å². The van der Waals surface area contributed by atoms with Crippen LogP contribution in [0.15, 0.2) is 48.1 Å². The van der Waals surface area contributed by atoms with Crippen molar-refractivity contribution in [2.45, 2.75) is 25.6 Å². The lowest BCUT2D eigenvalue weighted by Crippen LogP contribution is -2.52. The van der Waals surface area contributed by atoms with E-state index in [4.69, 9.17) is 0 Å². The van der Waals surface area contributed by atoms with Crippen molar-refractivity contribution in [3.8, 4) is 5.13 Å². The van der Waals surface area contributed by atoms with E-state index in [0.717, 1.165) is 36.9 Å². The van der Waals surface area contributed by atoms with Crippen molar-refractivity contribution in [2.75, 3.05) is 26.2 Å². The molecule has 1 fully saturated rings. The number of aromatic nitrogens is 2. The molecule has 1 aromatic carbocycles. The SMILES string of the molecule is OCC[C@@H]1CN(Cc2cccn2-c2nccs2)CCN1Cc1ccc(F)c(F)c1. The van der Waals surface area contributed by atoms with E-state index in [9.17, 15) is 13.9 Å². The zero-order valence-corrected chi connectivity index (χ0v) is 16.9. The molecule has 0 radical (unpaired) electrons. The summed E-state index contributed by atoms with van der Waals surface area (Å²) in [6.07, 6.45) is 4.48. The number of aliphatic hydroxyl groups is 1. The monoisotopic (exact) mass is 418 g/mol. The van der Waals surface area contributed by atoms with Crippen LogP contribution in [-0.4, -0.2) is 56.7 Å². The molecule has 3 heterocycles. The molecule has 0 amide bonds. The maximum absolute atomic E-state index is 13.6. The van der Waals surface area contributed by atoms with E-state index in [1.54, 1.807) is 23.6 Å². The first-order valence-electron chi connectivity index (χ1n) is 9.71. The fraction of sp³-hybridized carbons (Fsp3) is 0.381. The number of aliphatic hydroxyl groups excluding tert-OH is 1. The normalized spacial score (nSPS) is 18.4. The van der Waals surface area contributed by atoms with E-state index >= 15 is 0 Å². The molecule has 29 heavy (non-hydrogen) atoms. The van der Waals surface area contributed by atoms with Gasteiger partial charge in [-0.2, -0.15) is 0 Å². The smallest absolute Gasteiger partial charge is 0.193 e. The third-order valence-electron chi connectivity index (χ3n) is 5.36. The molecule has 0 saturated carbocycles. The van der Waals surface area contributed by atoms with Crippen LogP contribution >= 0.6 is 11.3 Å². The second-order valence-corrected chi connectivity index (χ2v) is 8.18. The second-order valence-electron chi connectivity index (χ2n) is 7.30. The molecule has 4 rings (SSSR count). The van der Waals surface area contributed by atoms with Gasteiger partial charge in [0.05, 0.1) is 0 Å². The minimum Gasteiger partial charge on any atom is -0.396 e. The molecule has 1 aliphatic rings. The molecule has 154 valence electrons. The van der Waals surface area contributed by atoms with Crippen molar-refractivity contribution in [1.29, 1.82) is 0 Å². The average molecular weight is 419 g/mol. The molecule has 1 atom stereocenters. The van der Waals surface area contributed by atoms with Gasteiger partial charge in [0.2, 0.25) is 0 Å². The van der Waals surface area contributed by atoms with Crippen molar-refractivity contribution >= 4 is 11.3 Å². The second kappa shape index (κ2) is 9.13. The van der Waals surface area contributed by atoms with Crippen LogP contribution in [0.4, 0.5) is 8.78 Å². The van der Waals surface area contributed by atoms with Crippen molar-refractivity contribution < 1.29 is 13.9 Å². The standard InChI is InChI=1S/C21H24F2N4OS/c22-19-4-3-16(12-20(19)23)13-26-9-8-25(14-17(26)5-10-28)15-18-2-1-7-27(18)21-24-6-11-29-21/h1-4,6-7,11-12,17,28H,5,8-10,13-15H2/t17-/m1/s1. The molecular formula is C21H24F2N4OS. The van der Waals surface area contributed by atoms with Crippen molar-refractivity contribution in [3.63, 3.8) is 0 Å². The molecule has 3 aromatic rings. The molecule has 1 saturated heterocycles. The molecular weight excluding hydrogens is 394 g/mol. The van der Waals surface area contributed by atoms with Crippen LogP contribution in [0.2, 0.25) is 0 Å². The highest BCUT2D eigenvalue weighted by molar-refractivity contribution is 7.12. The van der Waals surface area contributed by atoms with Gasteiger partial charge in [0.1, 0.15) is 0 Å². The Kier molecular flexibility index (Phi) is 6.34. The highest BCUT2D eigenvalue weighted by Gasteiger charge is 2.27. The Morgan fingerprint density at radius 3 is 2.79 bits per heavy atom. The van der Waals surface area contributed by atoms with Crippen LogP contribution in [0, 0.1) is 11.6 Å². The van der Waals surface area contributed by atoms with Gasteiger partial charge in [-0.15, -0.1) is 11.3 Å². The largest absolute Gasteiger partial charge is 0.396 e. The number of halogens is 2. The van der Waals surface area contributed by atoms with Gasteiger partial charge in [0.15, 0.2) is 16.8 Å². The molecule has 0 aliphatic carbocycles. The Labute approximate surface area is 172 Å². The van der Waals surface area contributed by atoms with Gasteiger partial charge in [-0.3, -0.25) is 14.4 Å². The zero-order chi connectivity index (χ0) is 20.2. The number of rotatable bonds is 7. The molecule has 0 bridgehead atoms. The molecule has 0 spiro atoms. The van der Waals surface area contributed by atoms with Crippen LogP contribution in [0.3, 0.4) is 0 Å². The lowest BCUT2D eigenvalue weighted by atomic mass is 10.1. The van der Waals surface area contributed by atoms with E-state index in [1.165, 1.54) is 17.8 Å². The average Bonchev–Trinajstić information content (AvgIpc) is 3.38. The van der Waals surface area contributed by atoms with Gasteiger partial charge in [0, 0.05) is 68.8 Å². The Morgan fingerprint density at radius 1 is 1.14 bits per heavy atom. The number of piperazine rings is 1. The third-order valence-corrected chi connectivity index (χ3v) is 6.14. The molecule has 2 aromatic heterocycles. The fourth-order valence-corrected chi connectivity index (χ4v) is 4.56. The summed E-state index contributed by atoms with van der Waals surface area (Å²) < 4.78 is 28.9. The first-order chi connectivity index (χ1) is 14.1. The molecule has 5 nitrogen and oxygen atoms in total. The van der Waals surface area contributed by atoms with Crippen molar-refractivity contribution in [2.24, 2.45) is 0 Å². The fourth-order valence-electron chi connectivity index (χ4n) is 3.90. The number of hydrogen-bond donors (Lipinski definition) is 1. The summed E-state index contributed by atoms with van der Waals surface area (Å²) in [6.45, 7) is 3.94. The first kappa shape index (κ1) is 20.2. The number of thiazole rings is 1. The summed E-state index contributed by atoms with van der Waals surface area (Å²) in [5.74, 6) is -1.64. The Hall–Kier alpha value is -2.13. The van der Waals surface area contributed by atoms with Gasteiger partial charge in [-0.1, -0.05) is 6.07 Å². The van der Waals surface area contributed by atoms with Gasteiger partial charge < -0.3 is 5.11 Å². The van der Waals surface area contributed by atoms with Crippen molar-refractivity contribution in [1.82, 2.24) is 19.4 Å². The number of benzene rings is 1. The minimum atomic E-state index is -0.825. The zero-order valence-electron chi connectivity index (χ0n) is 16.0. The maximum Gasteiger partial charge on any atom is 0.193 e. The summed E-state index contributed by atoms with van der Waals surface area (Å²) in [6, 6.07) is 8.36. The van der Waals surface area contributed by atoms with Crippen LogP contribution in [0.5, 0.6) is 0 Å². The first-order valence-corrected chi connectivity index (χ1v) is 10.6. The van der Waals surface area contributed by atoms with E-state index in [0.29, 0.717) is 13.0 Å². The van der Waals surface area contributed by atoms with Crippen LogP contribution < -0.4 is 0 Å². The molecule has 0 unspecified atom stereocenters. The maximum atomic E-state index is 13.6. The Morgan fingerprint density at radius 2 is 2.03 bits per heavy atom. The highest BCUT2D eigenvalue weighted by Crippen LogP contribution is 2.21. The van der Waals surface area contributed by atoms with Gasteiger partial charge in [0.25, 0.3) is 0 Å². The van der Waals surface area contributed by atoms with Crippen LogP contribution in [-0.2, 0) is 13.1 Å². The number of hydrogen-bond acceptors (Lipinski definition) is 5. The molecule has 8 heteroatoms. The van der Waals surface area contributed by atoms with Gasteiger partial charge >= 0.3 is 0 Å². The lowest BCUT2D eigenvalue weighted by molar-refractivity contribution is 0.0491. The van der Waals surface area contributed by atoms with E-state index in [1.807, 2.05) is 17.6 Å². The van der Waals surface area contributed by atoms with E-state index in [2.05, 4.69) is 25.4 Å². The van der Waals surface area contributed by atoms with E-state index in [-0.39, 0.29) is 12.6 Å². The summed E-state index contributed by atoms with van der Waals surface area (Å²) in [7, 11) is 0. The topological polar surface area (TPSA) is 44.5 Å². The molecule has 1 aliphatic heterocycles. The van der Waals surface area contributed by atoms with Crippen LogP contribution in [0.25, 0.3) is 5.13 Å². The highest BCUT2D eigenvalue weighted by atomic mass is 32.1. The third kappa shape index (κ3) is 4.72. The predicted molar refractivity (Wildman–Crippen MR) is 109 cm³/mol. The number of nitrogens with zero attached hydrogens (tertiary/aromatic N) is 4. The summed E-state index contributed by atoms with van der Waals surface area (Å²) in [5.41, 5.74) is 1.93. The van der Waals surface area contributed by atoms with Crippen LogP contribution in [0.1, 0.15) is 17.7 Å². The van der Waals surface area contributed by atoms with Gasteiger partial charge in [-0.25, -0.2) is 13.8 Å². The summed E-state index contributed by atoms with van der Waals surface area (Å²) in [4.78, 5) is 9.02. The van der Waals surface area contributed by atoms with Crippen molar-refractivity contribution in [3.05, 3.63) is 71.0 Å². The quantitative estimate of drug-likeness (QED) is 0.640. The summed E-state index contributed by atoms with van der Waals surface area (Å²) in [5, 5.41) is 12.4. The Balaban J connectivity index is 1.43. The summed E-state index contributed by atoms with van der Waals surface area (Å²) >= 11 is 1.60.